The predicted octanol–water partition coefficient (Wildman–Crippen LogP) is 3.98. The number of hydrogen-bond acceptors (Lipinski definition) is 6. The monoisotopic (exact) mass is 466 g/mol. The molecule has 0 N–H and O–H groups in total. The lowest BCUT2D eigenvalue weighted by Gasteiger charge is -2.36. The van der Waals surface area contributed by atoms with Crippen molar-refractivity contribution in [3.05, 3.63) is 47.1 Å². The predicted molar refractivity (Wildman–Crippen MR) is 132 cm³/mol. The molecule has 4 heterocycles. The Bertz CT molecular complexity index is 1130. The molecule has 174 valence electrons. The molecule has 0 atom stereocenters. The molecule has 1 aromatic carbocycles. The lowest BCUT2D eigenvalue weighted by molar-refractivity contribution is 0.105. The van der Waals surface area contributed by atoms with Crippen LogP contribution in [0.15, 0.2) is 36.4 Å². The van der Waals surface area contributed by atoms with Crippen LogP contribution in [-0.4, -0.2) is 81.8 Å². The molecule has 0 saturated carbocycles. The molecule has 0 aliphatic carbocycles. The Hall–Kier alpha value is -2.32. The van der Waals surface area contributed by atoms with Gasteiger partial charge in [-0.15, -0.1) is 10.2 Å². The van der Waals surface area contributed by atoms with Crippen molar-refractivity contribution in [2.24, 2.45) is 0 Å². The van der Waals surface area contributed by atoms with Gasteiger partial charge >= 0.3 is 0 Å². The van der Waals surface area contributed by atoms with Gasteiger partial charge in [-0.1, -0.05) is 48.0 Å². The minimum absolute atomic E-state index is 0.603. The molecule has 5 rings (SSSR count). The highest BCUT2D eigenvalue weighted by atomic mass is 35.5. The molecule has 0 unspecified atom stereocenters. The van der Waals surface area contributed by atoms with Crippen LogP contribution in [0.3, 0.4) is 0 Å². The fourth-order valence-corrected chi connectivity index (χ4v) is 4.98. The maximum absolute atomic E-state index is 6.98. The van der Waals surface area contributed by atoms with E-state index in [1.54, 1.807) is 0 Å². The highest BCUT2D eigenvalue weighted by molar-refractivity contribution is 6.38. The number of rotatable bonds is 6. The fraction of sp³-hybridized carbons (Fsp3) is 0.480. The van der Waals surface area contributed by atoms with Gasteiger partial charge in [0.15, 0.2) is 5.65 Å². The van der Waals surface area contributed by atoms with Gasteiger partial charge in [0, 0.05) is 44.3 Å². The van der Waals surface area contributed by atoms with Crippen LogP contribution in [0.5, 0.6) is 0 Å². The number of hydrogen-bond donors (Lipinski definition) is 0. The van der Waals surface area contributed by atoms with Crippen LogP contribution in [0.1, 0.15) is 26.0 Å². The molecular formula is C25H31ClN6O. The zero-order chi connectivity index (χ0) is 22.8. The second-order valence-electron chi connectivity index (χ2n) is 9.02. The molecule has 0 amide bonds. The molecule has 33 heavy (non-hydrogen) atoms. The zero-order valence-corrected chi connectivity index (χ0v) is 20.1. The summed E-state index contributed by atoms with van der Waals surface area (Å²) in [5.41, 5.74) is 4.49. The third kappa shape index (κ3) is 4.68. The quantitative estimate of drug-likeness (QED) is 0.547. The maximum atomic E-state index is 6.98. The lowest BCUT2D eigenvalue weighted by atomic mass is 10.0. The van der Waals surface area contributed by atoms with Gasteiger partial charge in [0.05, 0.1) is 35.9 Å². The summed E-state index contributed by atoms with van der Waals surface area (Å²) in [5.74, 6) is 0. The van der Waals surface area contributed by atoms with E-state index in [1.165, 1.54) is 5.57 Å². The summed E-state index contributed by atoms with van der Waals surface area (Å²) in [4.78, 5) is 5.04. The minimum Gasteiger partial charge on any atom is -0.377 e. The van der Waals surface area contributed by atoms with E-state index in [9.17, 15) is 0 Å². The number of piperazine rings is 1. The number of aromatic nitrogens is 4. The van der Waals surface area contributed by atoms with Crippen molar-refractivity contribution in [1.29, 1.82) is 0 Å². The zero-order valence-electron chi connectivity index (χ0n) is 19.4. The normalized spacial score (nSPS) is 18.2. The average Bonchev–Trinajstić information content (AvgIpc) is 3.24. The first-order valence-electron chi connectivity index (χ1n) is 11.8. The second-order valence-corrected chi connectivity index (χ2v) is 9.40. The third-order valence-corrected chi connectivity index (χ3v) is 7.05. The van der Waals surface area contributed by atoms with E-state index in [-0.39, 0.29) is 0 Å². The molecule has 2 aliphatic heterocycles. The molecular weight excluding hydrogens is 436 g/mol. The van der Waals surface area contributed by atoms with Gasteiger partial charge in [-0.05, 0) is 25.8 Å². The average molecular weight is 467 g/mol. The highest BCUT2D eigenvalue weighted by Crippen LogP contribution is 2.36. The minimum atomic E-state index is 0.603. The van der Waals surface area contributed by atoms with E-state index in [2.05, 4.69) is 39.9 Å². The first-order valence-corrected chi connectivity index (χ1v) is 12.2. The van der Waals surface area contributed by atoms with Gasteiger partial charge in [0.25, 0.3) is 0 Å². The Balaban J connectivity index is 1.46. The van der Waals surface area contributed by atoms with E-state index in [0.717, 1.165) is 68.0 Å². The van der Waals surface area contributed by atoms with E-state index in [4.69, 9.17) is 21.4 Å². The third-order valence-electron chi connectivity index (χ3n) is 6.68. The Morgan fingerprint density at radius 3 is 2.48 bits per heavy atom. The van der Waals surface area contributed by atoms with Crippen LogP contribution in [-0.2, 0) is 11.3 Å². The number of ether oxygens (including phenoxy) is 1. The Labute approximate surface area is 200 Å². The molecule has 1 fully saturated rings. The van der Waals surface area contributed by atoms with E-state index in [1.807, 2.05) is 35.0 Å². The molecule has 2 aliphatic rings. The van der Waals surface area contributed by atoms with Crippen LogP contribution < -0.4 is 0 Å². The smallest absolute Gasteiger partial charge is 0.182 e. The van der Waals surface area contributed by atoms with E-state index < -0.39 is 0 Å². The number of benzene rings is 1. The first-order chi connectivity index (χ1) is 16.1. The van der Waals surface area contributed by atoms with Crippen LogP contribution in [0.25, 0.3) is 27.9 Å². The first kappa shape index (κ1) is 22.5. The van der Waals surface area contributed by atoms with Crippen molar-refractivity contribution in [3.8, 4) is 11.3 Å². The standard InChI is InChI=1S/C25H31ClN6O/c1-18(2)31-13-10-30(11-14-31)12-15-32-25-21(23(29-32)20-8-16-33-17-9-20)22(26)24(27-28-25)19-6-4-3-5-7-19/h3-8,18H,9-17H2,1-2H3. The highest BCUT2D eigenvalue weighted by Gasteiger charge is 2.24. The molecule has 0 spiro atoms. The lowest BCUT2D eigenvalue weighted by Crippen LogP contribution is -2.49. The molecule has 3 aromatic rings. The van der Waals surface area contributed by atoms with Gasteiger partial charge in [0.1, 0.15) is 5.69 Å². The number of halogens is 1. The molecule has 7 nitrogen and oxygen atoms in total. The van der Waals surface area contributed by atoms with E-state index in [0.29, 0.717) is 30.0 Å². The van der Waals surface area contributed by atoms with Crippen molar-refractivity contribution in [1.82, 2.24) is 29.8 Å². The van der Waals surface area contributed by atoms with Crippen LogP contribution in [0.2, 0.25) is 5.02 Å². The van der Waals surface area contributed by atoms with Crippen molar-refractivity contribution in [2.75, 3.05) is 45.9 Å². The second kappa shape index (κ2) is 9.89. The summed E-state index contributed by atoms with van der Waals surface area (Å²) in [6.07, 6.45) is 2.93. The summed E-state index contributed by atoms with van der Waals surface area (Å²) in [6.45, 7) is 11.9. The van der Waals surface area contributed by atoms with Crippen LogP contribution >= 0.6 is 11.6 Å². The molecule has 1 saturated heterocycles. The molecule has 0 bridgehead atoms. The van der Waals surface area contributed by atoms with Crippen molar-refractivity contribution < 1.29 is 4.74 Å². The van der Waals surface area contributed by atoms with Gasteiger partial charge < -0.3 is 4.74 Å². The topological polar surface area (TPSA) is 59.3 Å². The van der Waals surface area contributed by atoms with Crippen molar-refractivity contribution >= 4 is 28.2 Å². The summed E-state index contributed by atoms with van der Waals surface area (Å²) in [6, 6.07) is 10.6. The Kier molecular flexibility index (Phi) is 6.74. The van der Waals surface area contributed by atoms with Gasteiger partial charge in [-0.2, -0.15) is 5.10 Å². The van der Waals surface area contributed by atoms with E-state index >= 15 is 0 Å². The maximum Gasteiger partial charge on any atom is 0.182 e. The molecule has 2 aromatic heterocycles. The van der Waals surface area contributed by atoms with Crippen LogP contribution in [0, 0.1) is 0 Å². The van der Waals surface area contributed by atoms with Crippen LogP contribution in [0.4, 0.5) is 0 Å². The van der Waals surface area contributed by atoms with Gasteiger partial charge in [0.2, 0.25) is 0 Å². The summed E-state index contributed by atoms with van der Waals surface area (Å²) in [7, 11) is 0. The SMILES string of the molecule is CC(C)N1CCN(CCn2nc(C3=CCOCC3)c3c(Cl)c(-c4ccccc4)nnc32)CC1. The Morgan fingerprint density at radius 2 is 1.79 bits per heavy atom. The summed E-state index contributed by atoms with van der Waals surface area (Å²) >= 11 is 6.98. The molecule has 0 radical (unpaired) electrons. The van der Waals surface area contributed by atoms with Gasteiger partial charge in [-0.25, -0.2) is 4.68 Å². The van der Waals surface area contributed by atoms with Crippen molar-refractivity contribution in [3.63, 3.8) is 0 Å². The fourth-order valence-electron chi connectivity index (χ4n) is 4.66. The molecule has 8 heteroatoms. The summed E-state index contributed by atoms with van der Waals surface area (Å²) < 4.78 is 7.52. The summed E-state index contributed by atoms with van der Waals surface area (Å²) in [5, 5.41) is 15.6. The number of fused-ring (bicyclic) bond motifs is 1. The Morgan fingerprint density at radius 1 is 1.00 bits per heavy atom. The number of nitrogens with zero attached hydrogens (tertiary/aromatic N) is 6. The van der Waals surface area contributed by atoms with Crippen molar-refractivity contribution in [2.45, 2.75) is 32.9 Å². The largest absolute Gasteiger partial charge is 0.377 e. The van der Waals surface area contributed by atoms with Gasteiger partial charge in [-0.3, -0.25) is 9.80 Å².